The van der Waals surface area contributed by atoms with Gasteiger partial charge in [-0.3, -0.25) is 4.79 Å². The van der Waals surface area contributed by atoms with Crippen molar-refractivity contribution < 1.29 is 9.90 Å². The van der Waals surface area contributed by atoms with Crippen molar-refractivity contribution in [2.75, 3.05) is 13.2 Å². The van der Waals surface area contributed by atoms with Gasteiger partial charge in [-0.2, -0.15) is 0 Å². The summed E-state index contributed by atoms with van der Waals surface area (Å²) in [6.07, 6.45) is 4.92. The van der Waals surface area contributed by atoms with Crippen LogP contribution in [0.5, 0.6) is 0 Å². The first kappa shape index (κ1) is 14.5. The van der Waals surface area contributed by atoms with Crippen molar-refractivity contribution in [3.8, 4) is 0 Å². The van der Waals surface area contributed by atoms with Gasteiger partial charge in [0.25, 0.3) is 0 Å². The van der Waals surface area contributed by atoms with Gasteiger partial charge in [-0.05, 0) is 18.8 Å². The van der Waals surface area contributed by atoms with Crippen LogP contribution in [0.1, 0.15) is 46.0 Å². The van der Waals surface area contributed by atoms with E-state index in [2.05, 4.69) is 0 Å². The van der Waals surface area contributed by atoms with Crippen LogP contribution in [0.15, 0.2) is 0 Å². The number of carbonyl (C=O) groups is 1. The van der Waals surface area contributed by atoms with Gasteiger partial charge < -0.3 is 15.7 Å². The van der Waals surface area contributed by atoms with Crippen LogP contribution in [-0.2, 0) is 4.79 Å². The molecule has 1 fully saturated rings. The molecule has 0 spiro atoms. The van der Waals surface area contributed by atoms with Gasteiger partial charge >= 0.3 is 0 Å². The zero-order valence-electron chi connectivity index (χ0n) is 11.1. The number of nitrogens with zero attached hydrogens (tertiary/aromatic N) is 1. The second kappa shape index (κ2) is 6.97. The average molecular weight is 242 g/mol. The molecule has 4 heteroatoms. The van der Waals surface area contributed by atoms with Gasteiger partial charge in [0.15, 0.2) is 0 Å². The van der Waals surface area contributed by atoms with Gasteiger partial charge in [-0.1, -0.05) is 26.7 Å². The van der Waals surface area contributed by atoms with Crippen LogP contribution in [0.2, 0.25) is 0 Å². The van der Waals surface area contributed by atoms with Crippen molar-refractivity contribution in [1.82, 2.24) is 4.90 Å². The molecule has 1 aliphatic carbocycles. The van der Waals surface area contributed by atoms with Crippen molar-refractivity contribution in [2.45, 2.75) is 58.0 Å². The molecule has 1 rings (SSSR count). The smallest absolute Gasteiger partial charge is 0.224 e. The van der Waals surface area contributed by atoms with Gasteiger partial charge in [0.1, 0.15) is 0 Å². The molecule has 1 saturated carbocycles. The zero-order chi connectivity index (χ0) is 12.8. The fourth-order valence-corrected chi connectivity index (χ4v) is 2.39. The molecule has 100 valence electrons. The minimum absolute atomic E-state index is 0.0408. The molecule has 0 radical (unpaired) electrons. The van der Waals surface area contributed by atoms with Gasteiger partial charge in [-0.25, -0.2) is 0 Å². The number of rotatable bonds is 6. The van der Waals surface area contributed by atoms with Crippen LogP contribution in [-0.4, -0.2) is 41.1 Å². The predicted octanol–water partition coefficient (Wildman–Crippen LogP) is 1.12. The molecule has 0 aromatic rings. The second-order valence-corrected chi connectivity index (χ2v) is 5.36. The molecular weight excluding hydrogens is 216 g/mol. The quantitative estimate of drug-likeness (QED) is 0.733. The van der Waals surface area contributed by atoms with E-state index in [1.165, 1.54) is 12.8 Å². The summed E-state index contributed by atoms with van der Waals surface area (Å²) in [5, 5.41) is 9.06. The summed E-state index contributed by atoms with van der Waals surface area (Å²) in [5.41, 5.74) is 5.94. The van der Waals surface area contributed by atoms with Crippen molar-refractivity contribution in [3.63, 3.8) is 0 Å². The van der Waals surface area contributed by atoms with Gasteiger partial charge in [-0.15, -0.1) is 0 Å². The van der Waals surface area contributed by atoms with E-state index >= 15 is 0 Å². The van der Waals surface area contributed by atoms with Gasteiger partial charge in [0.2, 0.25) is 5.91 Å². The minimum atomic E-state index is -0.0786. The molecule has 0 aliphatic heterocycles. The molecule has 1 atom stereocenters. The van der Waals surface area contributed by atoms with Crippen molar-refractivity contribution in [1.29, 1.82) is 0 Å². The van der Waals surface area contributed by atoms with Crippen molar-refractivity contribution >= 4 is 5.91 Å². The summed E-state index contributed by atoms with van der Waals surface area (Å²) in [6.45, 7) is 4.56. The first-order valence-corrected chi connectivity index (χ1v) is 6.72. The van der Waals surface area contributed by atoms with Crippen LogP contribution in [0.25, 0.3) is 0 Å². The lowest BCUT2D eigenvalue weighted by Crippen LogP contribution is -2.44. The molecule has 0 saturated heterocycles. The third-order valence-electron chi connectivity index (χ3n) is 3.69. The third kappa shape index (κ3) is 4.28. The Morgan fingerprint density at radius 1 is 1.41 bits per heavy atom. The van der Waals surface area contributed by atoms with E-state index < -0.39 is 0 Å². The van der Waals surface area contributed by atoms with Crippen LogP contribution in [0, 0.1) is 5.92 Å². The summed E-state index contributed by atoms with van der Waals surface area (Å²) >= 11 is 0. The van der Waals surface area contributed by atoms with E-state index in [0.29, 0.717) is 24.9 Å². The Labute approximate surface area is 104 Å². The number of aliphatic hydroxyl groups excluding tert-OH is 1. The zero-order valence-corrected chi connectivity index (χ0v) is 11.1. The lowest BCUT2D eigenvalue weighted by molar-refractivity contribution is -0.134. The molecule has 1 aliphatic rings. The average Bonchev–Trinajstić information content (AvgIpc) is 2.78. The summed E-state index contributed by atoms with van der Waals surface area (Å²) in [7, 11) is 0. The topological polar surface area (TPSA) is 66.6 Å². The lowest BCUT2D eigenvalue weighted by Gasteiger charge is -2.30. The Kier molecular flexibility index (Phi) is 5.92. The van der Waals surface area contributed by atoms with E-state index in [1.54, 1.807) is 0 Å². The van der Waals surface area contributed by atoms with Gasteiger partial charge in [0.05, 0.1) is 6.61 Å². The van der Waals surface area contributed by atoms with Crippen molar-refractivity contribution in [3.05, 3.63) is 0 Å². The number of hydrogen-bond donors (Lipinski definition) is 2. The molecule has 17 heavy (non-hydrogen) atoms. The lowest BCUT2D eigenvalue weighted by atomic mass is 10.0. The maximum atomic E-state index is 12.2. The van der Waals surface area contributed by atoms with E-state index in [4.69, 9.17) is 10.8 Å². The molecule has 0 aromatic carbocycles. The molecule has 1 unspecified atom stereocenters. The molecule has 4 nitrogen and oxygen atoms in total. The molecule has 0 heterocycles. The van der Waals surface area contributed by atoms with Crippen LogP contribution in [0.4, 0.5) is 0 Å². The number of hydrogen-bond acceptors (Lipinski definition) is 3. The standard InChI is InChI=1S/C13H26N2O2/c1-10(2)12(14)9-13(17)15(7-8-16)11-5-3-4-6-11/h10-12,16H,3-9,14H2,1-2H3. The maximum Gasteiger partial charge on any atom is 0.224 e. The van der Waals surface area contributed by atoms with E-state index in [0.717, 1.165) is 12.8 Å². The summed E-state index contributed by atoms with van der Waals surface area (Å²) in [4.78, 5) is 14.0. The highest BCUT2D eigenvalue weighted by molar-refractivity contribution is 5.77. The number of aliphatic hydroxyl groups is 1. The Morgan fingerprint density at radius 2 is 2.00 bits per heavy atom. The second-order valence-electron chi connectivity index (χ2n) is 5.36. The van der Waals surface area contributed by atoms with E-state index in [9.17, 15) is 4.79 Å². The van der Waals surface area contributed by atoms with Gasteiger partial charge in [0, 0.05) is 25.0 Å². The van der Waals surface area contributed by atoms with Crippen molar-refractivity contribution in [2.24, 2.45) is 11.7 Å². The number of nitrogens with two attached hydrogens (primary N) is 1. The molecule has 3 N–H and O–H groups in total. The van der Waals surface area contributed by atoms with E-state index in [-0.39, 0.29) is 18.6 Å². The Morgan fingerprint density at radius 3 is 2.47 bits per heavy atom. The fraction of sp³-hybridized carbons (Fsp3) is 0.923. The monoisotopic (exact) mass is 242 g/mol. The molecule has 1 amide bonds. The highest BCUT2D eigenvalue weighted by Crippen LogP contribution is 2.24. The largest absolute Gasteiger partial charge is 0.395 e. The first-order valence-electron chi connectivity index (χ1n) is 6.72. The number of amides is 1. The maximum absolute atomic E-state index is 12.2. The Bertz CT molecular complexity index is 238. The minimum Gasteiger partial charge on any atom is -0.395 e. The van der Waals surface area contributed by atoms with Crippen LogP contribution >= 0.6 is 0 Å². The SMILES string of the molecule is CC(C)C(N)CC(=O)N(CCO)C1CCCC1. The highest BCUT2D eigenvalue weighted by Gasteiger charge is 2.27. The highest BCUT2D eigenvalue weighted by atomic mass is 16.3. The predicted molar refractivity (Wildman–Crippen MR) is 68.5 cm³/mol. The van der Waals surface area contributed by atoms with Crippen LogP contribution < -0.4 is 5.73 Å². The Balaban J connectivity index is 2.53. The normalized spacial score (nSPS) is 18.6. The Hall–Kier alpha value is -0.610. The summed E-state index contributed by atoms with van der Waals surface area (Å²) < 4.78 is 0. The number of carbonyl (C=O) groups excluding carboxylic acids is 1. The fourth-order valence-electron chi connectivity index (χ4n) is 2.39. The van der Waals surface area contributed by atoms with E-state index in [1.807, 2.05) is 18.7 Å². The molecule has 0 aromatic heterocycles. The third-order valence-corrected chi connectivity index (χ3v) is 3.69. The molecular formula is C13H26N2O2. The first-order chi connectivity index (χ1) is 8.06. The van der Waals surface area contributed by atoms with Crippen LogP contribution in [0.3, 0.4) is 0 Å². The summed E-state index contributed by atoms with van der Waals surface area (Å²) in [5.74, 6) is 0.422. The molecule has 0 bridgehead atoms. The summed E-state index contributed by atoms with van der Waals surface area (Å²) in [6, 6.07) is 0.249.